The van der Waals surface area contributed by atoms with Crippen LogP contribution in [-0.2, 0) is 4.79 Å². The lowest BCUT2D eigenvalue weighted by Gasteiger charge is -2.11. The van der Waals surface area contributed by atoms with Crippen LogP contribution in [-0.4, -0.2) is 50.8 Å². The lowest BCUT2D eigenvalue weighted by Crippen LogP contribution is -2.15. The predicted octanol–water partition coefficient (Wildman–Crippen LogP) is 3.27. The molecule has 31 heavy (non-hydrogen) atoms. The lowest BCUT2D eigenvalue weighted by atomic mass is 10.2. The average Bonchev–Trinajstić information content (AvgIpc) is 3.23. The molecule has 4 aromatic rings. The predicted molar refractivity (Wildman–Crippen MR) is 118 cm³/mol. The van der Waals surface area contributed by atoms with Crippen LogP contribution in [0.2, 0.25) is 0 Å². The Hall–Kier alpha value is -3.66. The van der Waals surface area contributed by atoms with Crippen molar-refractivity contribution in [3.8, 4) is 17.2 Å². The molecule has 10 heteroatoms. The van der Waals surface area contributed by atoms with Crippen LogP contribution in [0.25, 0.3) is 16.9 Å². The number of thioether (sulfide) groups is 1. The molecular formula is C21H20N6O3S. The number of hydrogen-bond acceptors (Lipinski definition) is 8. The topological polar surface area (TPSA) is 104 Å². The minimum atomic E-state index is -0.214. The quantitative estimate of drug-likeness (QED) is 0.348. The molecule has 0 saturated heterocycles. The molecule has 0 aliphatic rings. The van der Waals surface area contributed by atoms with Crippen LogP contribution < -0.4 is 14.8 Å². The fraction of sp³-hybridized carbons (Fsp3) is 0.190. The lowest BCUT2D eigenvalue weighted by molar-refractivity contribution is -0.113. The Balaban J connectivity index is 1.51. The van der Waals surface area contributed by atoms with Gasteiger partial charge in [-0.15, -0.1) is 5.10 Å². The standard InChI is InChI=1S/C21H20N6O3S/c1-13-4-6-14(7-5-13)27-20-19(25-26-27)21(23-12-22-20)31-11-18(28)24-16-10-15(29-2)8-9-17(16)30-3/h4-10,12H,11H2,1-3H3,(H,24,28). The number of amides is 1. The molecule has 0 fully saturated rings. The van der Waals surface area contributed by atoms with E-state index >= 15 is 0 Å². The highest BCUT2D eigenvalue weighted by Gasteiger charge is 2.15. The number of carbonyl (C=O) groups is 1. The van der Waals surface area contributed by atoms with Crippen LogP contribution in [0.1, 0.15) is 5.56 Å². The number of anilines is 1. The molecule has 0 atom stereocenters. The maximum Gasteiger partial charge on any atom is 0.234 e. The Kier molecular flexibility index (Phi) is 5.99. The summed E-state index contributed by atoms with van der Waals surface area (Å²) in [5.41, 5.74) is 3.66. The number of aryl methyl sites for hydroxylation is 1. The second-order valence-electron chi connectivity index (χ2n) is 6.59. The molecule has 2 aromatic heterocycles. The number of methoxy groups -OCH3 is 2. The van der Waals surface area contributed by atoms with Crippen molar-refractivity contribution < 1.29 is 14.3 Å². The Morgan fingerprint density at radius 2 is 1.90 bits per heavy atom. The SMILES string of the molecule is COc1ccc(OC)c(NC(=O)CSc2ncnc3c2nnn3-c2ccc(C)cc2)c1. The first kappa shape index (κ1) is 20.6. The van der Waals surface area contributed by atoms with Crippen LogP contribution in [0.5, 0.6) is 11.5 Å². The van der Waals surface area contributed by atoms with E-state index in [1.807, 2.05) is 31.2 Å². The summed E-state index contributed by atoms with van der Waals surface area (Å²) in [5.74, 6) is 1.08. The van der Waals surface area contributed by atoms with E-state index in [1.165, 1.54) is 18.1 Å². The van der Waals surface area contributed by atoms with Gasteiger partial charge >= 0.3 is 0 Å². The first-order chi connectivity index (χ1) is 15.1. The maximum atomic E-state index is 12.5. The van der Waals surface area contributed by atoms with Gasteiger partial charge in [0.05, 0.1) is 31.3 Å². The smallest absolute Gasteiger partial charge is 0.234 e. The molecule has 0 radical (unpaired) electrons. The van der Waals surface area contributed by atoms with Gasteiger partial charge in [0, 0.05) is 6.07 Å². The highest BCUT2D eigenvalue weighted by atomic mass is 32.2. The molecule has 2 aromatic carbocycles. The zero-order valence-electron chi connectivity index (χ0n) is 17.2. The molecule has 158 valence electrons. The fourth-order valence-corrected chi connectivity index (χ4v) is 3.66. The molecular weight excluding hydrogens is 416 g/mol. The third-order valence-corrected chi connectivity index (χ3v) is 5.48. The monoisotopic (exact) mass is 436 g/mol. The van der Waals surface area contributed by atoms with Crippen LogP contribution in [0.15, 0.2) is 53.8 Å². The van der Waals surface area contributed by atoms with Crippen molar-refractivity contribution in [1.29, 1.82) is 0 Å². The van der Waals surface area contributed by atoms with Crippen LogP contribution in [0.3, 0.4) is 0 Å². The maximum absolute atomic E-state index is 12.5. The molecule has 0 aliphatic heterocycles. The third-order valence-electron chi connectivity index (χ3n) is 4.50. The van der Waals surface area contributed by atoms with Crippen LogP contribution >= 0.6 is 11.8 Å². The van der Waals surface area contributed by atoms with Crippen molar-refractivity contribution in [3.05, 3.63) is 54.4 Å². The van der Waals surface area contributed by atoms with Crippen LogP contribution in [0, 0.1) is 6.92 Å². The summed E-state index contributed by atoms with van der Waals surface area (Å²) in [5, 5.41) is 11.9. The summed E-state index contributed by atoms with van der Waals surface area (Å²) >= 11 is 1.26. The molecule has 0 spiro atoms. The first-order valence-electron chi connectivity index (χ1n) is 9.37. The van der Waals surface area contributed by atoms with E-state index in [0.717, 1.165) is 11.3 Å². The second kappa shape index (κ2) is 9.00. The van der Waals surface area contributed by atoms with Gasteiger partial charge in [-0.1, -0.05) is 34.7 Å². The van der Waals surface area contributed by atoms with E-state index in [2.05, 4.69) is 25.6 Å². The number of benzene rings is 2. The van der Waals surface area contributed by atoms with E-state index in [4.69, 9.17) is 9.47 Å². The first-order valence-corrected chi connectivity index (χ1v) is 10.4. The van der Waals surface area contributed by atoms with Gasteiger partial charge < -0.3 is 14.8 Å². The summed E-state index contributed by atoms with van der Waals surface area (Å²) in [6.45, 7) is 2.02. The minimum Gasteiger partial charge on any atom is -0.497 e. The van der Waals surface area contributed by atoms with Crippen molar-refractivity contribution in [2.45, 2.75) is 11.9 Å². The molecule has 2 heterocycles. The van der Waals surface area contributed by atoms with Gasteiger partial charge in [0.1, 0.15) is 22.9 Å². The summed E-state index contributed by atoms with van der Waals surface area (Å²) in [7, 11) is 3.11. The second-order valence-corrected chi connectivity index (χ2v) is 7.55. The number of nitrogens with zero attached hydrogens (tertiary/aromatic N) is 5. The number of rotatable bonds is 7. The molecule has 1 N–H and O–H groups in total. The van der Waals surface area contributed by atoms with Gasteiger partial charge in [-0.3, -0.25) is 4.79 Å². The number of carbonyl (C=O) groups excluding carboxylic acids is 1. The van der Waals surface area contributed by atoms with Crippen molar-refractivity contribution in [1.82, 2.24) is 25.0 Å². The summed E-state index contributed by atoms with van der Waals surface area (Å²) in [6, 6.07) is 13.1. The minimum absolute atomic E-state index is 0.129. The van der Waals surface area contributed by atoms with Gasteiger partial charge in [0.15, 0.2) is 11.2 Å². The normalized spacial score (nSPS) is 10.8. The number of ether oxygens (including phenoxy) is 2. The summed E-state index contributed by atoms with van der Waals surface area (Å²) in [4.78, 5) is 21.1. The van der Waals surface area contributed by atoms with E-state index < -0.39 is 0 Å². The number of nitrogens with one attached hydrogen (secondary N) is 1. The third kappa shape index (κ3) is 4.43. The van der Waals surface area contributed by atoms with Gasteiger partial charge in [0.2, 0.25) is 5.91 Å². The summed E-state index contributed by atoms with van der Waals surface area (Å²) in [6.07, 6.45) is 1.45. The molecule has 9 nitrogen and oxygen atoms in total. The molecule has 1 amide bonds. The Bertz CT molecular complexity index is 1230. The van der Waals surface area contributed by atoms with Gasteiger partial charge in [0.25, 0.3) is 0 Å². The molecule has 0 aliphatic carbocycles. The van der Waals surface area contributed by atoms with Crippen molar-refractivity contribution in [3.63, 3.8) is 0 Å². The van der Waals surface area contributed by atoms with Crippen LogP contribution in [0.4, 0.5) is 5.69 Å². The molecule has 4 rings (SSSR count). The number of aromatic nitrogens is 5. The number of hydrogen-bond donors (Lipinski definition) is 1. The highest BCUT2D eigenvalue weighted by molar-refractivity contribution is 8.00. The van der Waals surface area contributed by atoms with Crippen molar-refractivity contribution in [2.75, 3.05) is 25.3 Å². The Morgan fingerprint density at radius 1 is 1.10 bits per heavy atom. The Labute approximate surface area is 182 Å². The zero-order chi connectivity index (χ0) is 21.8. The highest BCUT2D eigenvalue weighted by Crippen LogP contribution is 2.30. The van der Waals surface area contributed by atoms with E-state index in [-0.39, 0.29) is 11.7 Å². The van der Waals surface area contributed by atoms with E-state index in [1.54, 1.807) is 37.1 Å². The molecule has 0 unspecified atom stereocenters. The fourth-order valence-electron chi connectivity index (χ4n) is 2.93. The van der Waals surface area contributed by atoms with Gasteiger partial charge in [-0.05, 0) is 31.2 Å². The Morgan fingerprint density at radius 3 is 2.65 bits per heavy atom. The van der Waals surface area contributed by atoms with Crippen molar-refractivity contribution in [2.24, 2.45) is 0 Å². The summed E-state index contributed by atoms with van der Waals surface area (Å²) < 4.78 is 12.2. The van der Waals surface area contributed by atoms with Gasteiger partial charge in [-0.25, -0.2) is 9.97 Å². The van der Waals surface area contributed by atoms with Crippen molar-refractivity contribution >= 4 is 34.5 Å². The van der Waals surface area contributed by atoms with E-state index in [9.17, 15) is 4.79 Å². The molecule has 0 saturated carbocycles. The zero-order valence-corrected chi connectivity index (χ0v) is 18.0. The number of fused-ring (bicyclic) bond motifs is 1. The molecule has 0 bridgehead atoms. The van der Waals surface area contributed by atoms with Gasteiger partial charge in [-0.2, -0.15) is 4.68 Å². The van der Waals surface area contributed by atoms with E-state index in [0.29, 0.717) is 33.4 Å². The average molecular weight is 436 g/mol. The largest absolute Gasteiger partial charge is 0.497 e.